The quantitative estimate of drug-likeness (QED) is 0.621. The predicted octanol–water partition coefficient (Wildman–Crippen LogP) is 1.45. The van der Waals surface area contributed by atoms with E-state index in [1.165, 1.54) is 10.4 Å². The van der Waals surface area contributed by atoms with Gasteiger partial charge in [0.15, 0.2) is 0 Å². The van der Waals surface area contributed by atoms with Gasteiger partial charge in [-0.1, -0.05) is 25.2 Å². The average Bonchev–Trinajstić information content (AvgIpc) is 2.72. The molecule has 9 heteroatoms. The Balaban J connectivity index is 2.01. The van der Waals surface area contributed by atoms with Gasteiger partial charge in [-0.05, 0) is 44.9 Å². The lowest BCUT2D eigenvalue weighted by Crippen LogP contribution is -2.50. The molecule has 3 rings (SSSR count). The van der Waals surface area contributed by atoms with Crippen LogP contribution in [0, 0.1) is 23.7 Å². The van der Waals surface area contributed by atoms with Crippen LogP contribution in [0.3, 0.4) is 0 Å². The third-order valence-electron chi connectivity index (χ3n) is 6.38. The van der Waals surface area contributed by atoms with Gasteiger partial charge in [0.1, 0.15) is 22.9 Å². The number of ether oxygens (including phenoxy) is 1. The normalized spacial score (nSPS) is 24.5. The van der Waals surface area contributed by atoms with Crippen molar-refractivity contribution in [3.63, 3.8) is 0 Å². The molecule has 1 heterocycles. The van der Waals surface area contributed by atoms with Gasteiger partial charge >= 0.3 is 0 Å². The number of rotatable bonds is 5. The van der Waals surface area contributed by atoms with Gasteiger partial charge in [0.2, 0.25) is 15.9 Å². The zero-order valence-corrected chi connectivity index (χ0v) is 20.5. The Labute approximate surface area is 196 Å². The van der Waals surface area contributed by atoms with Gasteiger partial charge in [0.25, 0.3) is 0 Å². The van der Waals surface area contributed by atoms with Crippen molar-refractivity contribution in [2.24, 2.45) is 11.8 Å². The molecular weight excluding hydrogens is 444 g/mol. The molecular formula is C24H34N2O6S. The van der Waals surface area contributed by atoms with E-state index in [-0.39, 0.29) is 41.5 Å². The van der Waals surface area contributed by atoms with Gasteiger partial charge in [-0.15, -0.1) is 0 Å². The number of hydrogen-bond donors (Lipinski definition) is 2. The fourth-order valence-electron chi connectivity index (χ4n) is 4.04. The van der Waals surface area contributed by atoms with Crippen LogP contribution in [-0.2, 0) is 14.8 Å². The third-order valence-corrected chi connectivity index (χ3v) is 8.40. The lowest BCUT2D eigenvalue weighted by Gasteiger charge is -2.38. The van der Waals surface area contributed by atoms with Crippen molar-refractivity contribution in [3.8, 4) is 17.6 Å². The molecule has 0 saturated heterocycles. The summed E-state index contributed by atoms with van der Waals surface area (Å²) < 4.78 is 34.5. The van der Waals surface area contributed by atoms with E-state index in [1.807, 2.05) is 6.92 Å². The van der Waals surface area contributed by atoms with Gasteiger partial charge in [0, 0.05) is 37.0 Å². The Morgan fingerprint density at radius 3 is 2.61 bits per heavy atom. The molecule has 2 aliphatic rings. The van der Waals surface area contributed by atoms with E-state index in [0.717, 1.165) is 19.3 Å². The number of hydrogen-bond acceptors (Lipinski definition) is 6. The van der Waals surface area contributed by atoms with Crippen LogP contribution in [0.1, 0.15) is 45.6 Å². The molecule has 1 fully saturated rings. The van der Waals surface area contributed by atoms with Crippen molar-refractivity contribution in [2.75, 3.05) is 26.7 Å². The third kappa shape index (κ3) is 5.69. The molecule has 0 aromatic heterocycles. The molecule has 0 radical (unpaired) electrons. The van der Waals surface area contributed by atoms with Crippen molar-refractivity contribution in [2.45, 2.75) is 63.2 Å². The van der Waals surface area contributed by atoms with Crippen molar-refractivity contribution in [1.29, 1.82) is 0 Å². The van der Waals surface area contributed by atoms with E-state index in [4.69, 9.17) is 4.74 Å². The highest BCUT2D eigenvalue weighted by molar-refractivity contribution is 7.89. The summed E-state index contributed by atoms with van der Waals surface area (Å²) in [5.41, 5.74) is 0.512. The summed E-state index contributed by atoms with van der Waals surface area (Å²) in [7, 11) is -2.19. The van der Waals surface area contributed by atoms with Crippen LogP contribution in [0.4, 0.5) is 0 Å². The number of fused-ring (bicyclic) bond motifs is 1. The fraction of sp³-hybridized carbons (Fsp3) is 0.625. The molecule has 182 valence electrons. The van der Waals surface area contributed by atoms with Crippen molar-refractivity contribution in [3.05, 3.63) is 23.8 Å². The second-order valence-corrected chi connectivity index (χ2v) is 11.1. The van der Waals surface area contributed by atoms with E-state index in [9.17, 15) is 23.4 Å². The number of amides is 1. The monoisotopic (exact) mass is 478 g/mol. The van der Waals surface area contributed by atoms with E-state index in [2.05, 4.69) is 11.8 Å². The van der Waals surface area contributed by atoms with Crippen LogP contribution < -0.4 is 4.74 Å². The SMILES string of the molecule is C[C@@H]1CN([C@H](C)CO)S(=O)(=O)c2ccc(C#C[C@@H](C)O)cc2O[C@@H]1CN(C)C(=O)C1CCC1. The van der Waals surface area contributed by atoms with Gasteiger partial charge < -0.3 is 19.8 Å². The second-order valence-electron chi connectivity index (χ2n) is 9.19. The Bertz CT molecular complexity index is 1030. The predicted molar refractivity (Wildman–Crippen MR) is 124 cm³/mol. The van der Waals surface area contributed by atoms with E-state index in [1.54, 1.807) is 37.9 Å². The summed E-state index contributed by atoms with van der Waals surface area (Å²) in [5.74, 6) is 5.53. The highest BCUT2D eigenvalue weighted by atomic mass is 32.2. The Morgan fingerprint density at radius 1 is 1.33 bits per heavy atom. The van der Waals surface area contributed by atoms with Crippen LogP contribution in [0.25, 0.3) is 0 Å². The molecule has 1 aromatic carbocycles. The van der Waals surface area contributed by atoms with Crippen LogP contribution in [0.2, 0.25) is 0 Å². The summed E-state index contributed by atoms with van der Waals surface area (Å²) in [6.45, 7) is 5.26. The molecule has 1 amide bonds. The molecule has 8 nitrogen and oxygen atoms in total. The van der Waals surface area contributed by atoms with E-state index in [0.29, 0.717) is 12.1 Å². The number of carbonyl (C=O) groups excluding carboxylic acids is 1. The first-order valence-corrected chi connectivity index (χ1v) is 12.9. The minimum absolute atomic E-state index is 0.00438. The first-order chi connectivity index (χ1) is 15.5. The van der Waals surface area contributed by atoms with Crippen LogP contribution in [-0.4, -0.2) is 78.7 Å². The van der Waals surface area contributed by atoms with Crippen molar-refractivity contribution in [1.82, 2.24) is 9.21 Å². The smallest absolute Gasteiger partial charge is 0.247 e. The standard InChI is InChI=1S/C24H34N2O6S/c1-16-13-26(17(2)15-27)33(30,31)23-11-10-19(9-8-18(3)28)12-21(23)32-22(16)14-25(4)24(29)20-6-5-7-20/h10-12,16-18,20,22,27-28H,5-7,13-15H2,1-4H3/t16-,17-,18-,22-/m1/s1. The molecule has 1 aromatic rings. The topological polar surface area (TPSA) is 107 Å². The van der Waals surface area contributed by atoms with Crippen LogP contribution >= 0.6 is 0 Å². The summed E-state index contributed by atoms with van der Waals surface area (Å²) >= 11 is 0. The highest BCUT2D eigenvalue weighted by Gasteiger charge is 2.39. The summed E-state index contributed by atoms with van der Waals surface area (Å²) in [5, 5.41) is 19.2. The lowest BCUT2D eigenvalue weighted by molar-refractivity contribution is -0.138. The Kier molecular flexibility index (Phi) is 8.06. The molecule has 0 unspecified atom stereocenters. The summed E-state index contributed by atoms with van der Waals surface area (Å²) in [6, 6.07) is 3.96. The summed E-state index contributed by atoms with van der Waals surface area (Å²) in [6.07, 6.45) is 1.59. The largest absolute Gasteiger partial charge is 0.487 e. The van der Waals surface area contributed by atoms with E-state index < -0.39 is 28.3 Å². The minimum atomic E-state index is -3.94. The van der Waals surface area contributed by atoms with Crippen molar-refractivity contribution < 1.29 is 28.2 Å². The van der Waals surface area contributed by atoms with Crippen molar-refractivity contribution >= 4 is 15.9 Å². The average molecular weight is 479 g/mol. The Morgan fingerprint density at radius 2 is 2.03 bits per heavy atom. The maximum Gasteiger partial charge on any atom is 0.247 e. The van der Waals surface area contributed by atoms with Gasteiger partial charge in [-0.25, -0.2) is 8.42 Å². The van der Waals surface area contributed by atoms with Gasteiger partial charge in [-0.2, -0.15) is 4.31 Å². The zero-order chi connectivity index (χ0) is 24.3. The number of aliphatic hydroxyl groups is 2. The van der Waals surface area contributed by atoms with Crippen LogP contribution in [0.5, 0.6) is 5.75 Å². The Hall–Kier alpha value is -2.12. The number of carbonyl (C=O) groups is 1. The highest BCUT2D eigenvalue weighted by Crippen LogP contribution is 2.34. The first-order valence-electron chi connectivity index (χ1n) is 11.4. The van der Waals surface area contributed by atoms with Crippen LogP contribution in [0.15, 0.2) is 23.1 Å². The molecule has 4 atom stereocenters. The maximum atomic E-state index is 13.5. The molecule has 1 aliphatic carbocycles. The zero-order valence-electron chi connectivity index (χ0n) is 19.7. The maximum absolute atomic E-state index is 13.5. The van der Waals surface area contributed by atoms with Gasteiger partial charge in [0.05, 0.1) is 13.2 Å². The molecule has 2 N–H and O–H groups in total. The fourth-order valence-corrected chi connectivity index (χ4v) is 5.86. The second kappa shape index (κ2) is 10.4. The number of likely N-dealkylation sites (N-methyl/N-ethyl adjacent to an activating group) is 1. The molecule has 1 saturated carbocycles. The number of sulfonamides is 1. The molecule has 33 heavy (non-hydrogen) atoms. The summed E-state index contributed by atoms with van der Waals surface area (Å²) in [4.78, 5) is 14.4. The number of nitrogens with zero attached hydrogens (tertiary/aromatic N) is 2. The lowest BCUT2D eigenvalue weighted by atomic mass is 9.84. The molecule has 0 spiro atoms. The minimum Gasteiger partial charge on any atom is -0.487 e. The molecule has 1 aliphatic heterocycles. The molecule has 0 bridgehead atoms. The number of benzene rings is 1. The number of aliphatic hydroxyl groups excluding tert-OH is 2. The first kappa shape index (κ1) is 25.5. The van der Waals surface area contributed by atoms with E-state index >= 15 is 0 Å². The van der Waals surface area contributed by atoms with Gasteiger partial charge in [-0.3, -0.25) is 4.79 Å².